The van der Waals surface area contributed by atoms with E-state index in [2.05, 4.69) is 22.1 Å². The molecule has 0 radical (unpaired) electrons. The van der Waals surface area contributed by atoms with Gasteiger partial charge in [-0.15, -0.1) is 0 Å². The van der Waals surface area contributed by atoms with Gasteiger partial charge in [-0.25, -0.2) is 4.98 Å². The molecule has 0 saturated carbocycles. The van der Waals surface area contributed by atoms with Crippen LogP contribution in [0.3, 0.4) is 0 Å². The molecule has 160 valence electrons. The number of rotatable bonds is 4. The number of aryl methyl sites for hydroxylation is 1. The molecular weight excluding hydrogens is 425 g/mol. The van der Waals surface area contributed by atoms with Crippen LogP contribution in [0.15, 0.2) is 54.7 Å². The van der Waals surface area contributed by atoms with Crippen molar-refractivity contribution in [3.63, 3.8) is 0 Å². The highest BCUT2D eigenvalue weighted by Crippen LogP contribution is 2.33. The van der Waals surface area contributed by atoms with Crippen LogP contribution in [0.5, 0.6) is 10.9 Å². The Balaban J connectivity index is 1.67. The lowest BCUT2D eigenvalue weighted by molar-refractivity contribution is -0.137. The molecule has 2 aromatic carbocycles. The smallest absolute Gasteiger partial charge is 0.416 e. The molecule has 0 bridgehead atoms. The Morgan fingerprint density at radius 2 is 1.84 bits per heavy atom. The lowest BCUT2D eigenvalue weighted by Crippen LogP contribution is -2.42. The Morgan fingerprint density at radius 3 is 2.52 bits per heavy atom. The Bertz CT molecular complexity index is 1140. The van der Waals surface area contributed by atoms with Crippen LogP contribution in [0.2, 0.25) is 0 Å². The molecule has 0 aliphatic rings. The number of benzene rings is 2. The molecule has 0 spiro atoms. The number of hydrogen-bond donors (Lipinski definition) is 1. The quantitative estimate of drug-likeness (QED) is 0.516. The van der Waals surface area contributed by atoms with Crippen LogP contribution in [0.25, 0.3) is 0 Å². The topological polar surface area (TPSA) is 51.2 Å². The molecule has 1 heterocycles. The first-order chi connectivity index (χ1) is 14.5. The lowest BCUT2D eigenvalue weighted by atomic mass is 10.0. The lowest BCUT2D eigenvalue weighted by Gasteiger charge is -2.19. The van der Waals surface area contributed by atoms with Crippen molar-refractivity contribution in [2.24, 2.45) is 0 Å². The van der Waals surface area contributed by atoms with Gasteiger partial charge in [0.05, 0.1) is 17.3 Å². The van der Waals surface area contributed by atoms with Crippen molar-refractivity contribution < 1.29 is 22.7 Å². The van der Waals surface area contributed by atoms with Crippen molar-refractivity contribution >= 4 is 17.2 Å². The molecule has 0 aliphatic carbocycles. The summed E-state index contributed by atoms with van der Waals surface area (Å²) in [6, 6.07) is 11.8. The maximum Gasteiger partial charge on any atom is 0.416 e. The van der Waals surface area contributed by atoms with Crippen molar-refractivity contribution in [2.75, 3.05) is 0 Å². The maximum atomic E-state index is 12.8. The average molecular weight is 444 g/mol. The first-order valence-electron chi connectivity index (χ1n) is 9.25. The van der Waals surface area contributed by atoms with Crippen molar-refractivity contribution in [1.82, 2.24) is 10.3 Å². The predicted octanol–water partition coefficient (Wildman–Crippen LogP) is 5.82. The number of ether oxygens (including phenoxy) is 1. The fourth-order valence-electron chi connectivity index (χ4n) is 2.51. The first kappa shape index (κ1) is 22.4. The van der Waals surface area contributed by atoms with Crippen LogP contribution in [0.4, 0.5) is 13.2 Å². The zero-order valence-electron chi connectivity index (χ0n) is 17.0. The van der Waals surface area contributed by atoms with Gasteiger partial charge in [0.2, 0.25) is 0 Å². The SMILES string of the molecule is Cc1ccc(C(=O)NC(C)(C)C#Cc2cnc(Oc3cccc(C(F)(F)F)c3)s2)cc1. The third-order valence-electron chi connectivity index (χ3n) is 4.09. The predicted molar refractivity (Wildman–Crippen MR) is 113 cm³/mol. The van der Waals surface area contributed by atoms with Crippen LogP contribution in [0, 0.1) is 18.8 Å². The van der Waals surface area contributed by atoms with Crippen molar-refractivity contribution in [2.45, 2.75) is 32.5 Å². The van der Waals surface area contributed by atoms with E-state index >= 15 is 0 Å². The van der Waals surface area contributed by atoms with Gasteiger partial charge in [-0.05, 0) is 51.1 Å². The van der Waals surface area contributed by atoms with E-state index in [1.54, 1.807) is 26.0 Å². The number of carbonyl (C=O) groups excluding carboxylic acids is 1. The van der Waals surface area contributed by atoms with Gasteiger partial charge in [0.1, 0.15) is 10.6 Å². The summed E-state index contributed by atoms with van der Waals surface area (Å²) in [4.78, 5) is 17.0. The van der Waals surface area contributed by atoms with E-state index in [-0.39, 0.29) is 16.9 Å². The Labute approximate surface area is 182 Å². The standard InChI is InChI=1S/C23H19F3N2O2S/c1-15-7-9-16(10-8-15)20(29)28-22(2,3)12-11-19-14-27-21(31-19)30-18-6-4-5-17(13-18)23(24,25)26/h4-10,13-14H,1-3H3,(H,28,29). The van der Waals surface area contributed by atoms with Crippen molar-refractivity contribution in [1.29, 1.82) is 0 Å². The zero-order chi connectivity index (χ0) is 22.6. The molecular formula is C23H19F3N2O2S. The molecule has 31 heavy (non-hydrogen) atoms. The third-order valence-corrected chi connectivity index (χ3v) is 4.88. The maximum absolute atomic E-state index is 12.8. The highest BCUT2D eigenvalue weighted by Gasteiger charge is 2.30. The van der Waals surface area contributed by atoms with Crippen molar-refractivity contribution in [3.05, 3.63) is 76.3 Å². The molecule has 3 rings (SSSR count). The summed E-state index contributed by atoms with van der Waals surface area (Å²) in [6.45, 7) is 5.48. The van der Waals surface area contributed by atoms with Crippen LogP contribution in [-0.2, 0) is 6.18 Å². The second kappa shape index (κ2) is 8.82. The Morgan fingerprint density at radius 1 is 1.13 bits per heavy atom. The van der Waals surface area contributed by atoms with E-state index in [4.69, 9.17) is 4.74 Å². The molecule has 1 amide bonds. The monoisotopic (exact) mass is 444 g/mol. The highest BCUT2D eigenvalue weighted by atomic mass is 32.1. The largest absolute Gasteiger partial charge is 0.431 e. The third kappa shape index (κ3) is 6.33. The fourth-order valence-corrected chi connectivity index (χ4v) is 3.15. The summed E-state index contributed by atoms with van der Waals surface area (Å²) in [6.07, 6.45) is -2.98. The summed E-state index contributed by atoms with van der Waals surface area (Å²) in [5.41, 5.74) is -0.0137. The molecule has 1 N–H and O–H groups in total. The van der Waals surface area contributed by atoms with Crippen LogP contribution < -0.4 is 10.1 Å². The van der Waals surface area contributed by atoms with Crippen LogP contribution in [-0.4, -0.2) is 16.4 Å². The first-order valence-corrected chi connectivity index (χ1v) is 10.1. The normalized spacial score (nSPS) is 11.4. The number of aromatic nitrogens is 1. The summed E-state index contributed by atoms with van der Waals surface area (Å²) < 4.78 is 43.9. The Hall–Kier alpha value is -3.31. The molecule has 1 aromatic heterocycles. The number of halogens is 3. The van der Waals surface area contributed by atoms with Crippen LogP contribution in [0.1, 0.15) is 40.2 Å². The number of amides is 1. The number of hydrogen-bond acceptors (Lipinski definition) is 4. The van der Waals surface area contributed by atoms with Gasteiger partial charge in [0.15, 0.2) is 0 Å². The van der Waals surface area contributed by atoms with Crippen molar-refractivity contribution in [3.8, 4) is 22.8 Å². The number of nitrogens with one attached hydrogen (secondary N) is 1. The number of carbonyl (C=O) groups is 1. The van der Waals surface area contributed by atoms with Gasteiger partial charge in [0, 0.05) is 5.56 Å². The van der Waals surface area contributed by atoms with E-state index in [0.29, 0.717) is 10.4 Å². The minimum absolute atomic E-state index is 0.0365. The van der Waals surface area contributed by atoms with Gasteiger partial charge < -0.3 is 10.1 Å². The van der Waals surface area contributed by atoms with Gasteiger partial charge in [0.25, 0.3) is 11.1 Å². The summed E-state index contributed by atoms with van der Waals surface area (Å²) in [7, 11) is 0. The number of nitrogens with zero attached hydrogens (tertiary/aromatic N) is 1. The molecule has 3 aromatic rings. The minimum Gasteiger partial charge on any atom is -0.431 e. The minimum atomic E-state index is -4.45. The molecule has 0 saturated heterocycles. The number of thiazole rings is 1. The second-order valence-electron chi connectivity index (χ2n) is 7.31. The average Bonchev–Trinajstić information content (AvgIpc) is 3.14. The Kier molecular flexibility index (Phi) is 6.37. The van der Waals surface area contributed by atoms with E-state index < -0.39 is 17.3 Å². The van der Waals surface area contributed by atoms with Gasteiger partial charge in [-0.1, -0.05) is 46.9 Å². The summed E-state index contributed by atoms with van der Waals surface area (Å²) >= 11 is 1.10. The van der Waals surface area contributed by atoms with Gasteiger partial charge in [-0.3, -0.25) is 4.79 Å². The van der Waals surface area contributed by atoms with E-state index in [9.17, 15) is 18.0 Å². The molecule has 4 nitrogen and oxygen atoms in total. The molecule has 0 aliphatic heterocycles. The highest BCUT2D eigenvalue weighted by molar-refractivity contribution is 7.13. The number of alkyl halides is 3. The van der Waals surface area contributed by atoms with Crippen LogP contribution >= 0.6 is 11.3 Å². The van der Waals surface area contributed by atoms with Gasteiger partial charge in [-0.2, -0.15) is 13.2 Å². The fraction of sp³-hybridized carbons (Fsp3) is 0.217. The molecule has 8 heteroatoms. The van der Waals surface area contributed by atoms with E-state index in [0.717, 1.165) is 29.0 Å². The molecule has 0 fully saturated rings. The second-order valence-corrected chi connectivity index (χ2v) is 8.31. The molecule has 0 atom stereocenters. The summed E-state index contributed by atoms with van der Waals surface area (Å²) in [5.74, 6) is 5.70. The summed E-state index contributed by atoms with van der Waals surface area (Å²) in [5, 5.41) is 3.03. The van der Waals surface area contributed by atoms with E-state index in [1.165, 1.54) is 18.3 Å². The molecule has 0 unspecified atom stereocenters. The van der Waals surface area contributed by atoms with Gasteiger partial charge >= 0.3 is 6.18 Å². The van der Waals surface area contributed by atoms with E-state index in [1.807, 2.05) is 19.1 Å². The zero-order valence-corrected chi connectivity index (χ0v) is 17.8.